The molecule has 21 heavy (non-hydrogen) atoms. The van der Waals surface area contributed by atoms with Gasteiger partial charge in [-0.3, -0.25) is 9.59 Å². The number of carbonyl (C=O) groups excluding carboxylic acids is 2. The zero-order chi connectivity index (χ0) is 16.0. The second-order valence-corrected chi connectivity index (χ2v) is 5.54. The number of hydrogen-bond donors (Lipinski definition) is 3. The van der Waals surface area contributed by atoms with E-state index in [1.807, 2.05) is 25.9 Å². The first-order valence-corrected chi connectivity index (χ1v) is 7.02. The average molecular weight is 300 g/mol. The van der Waals surface area contributed by atoms with E-state index in [9.17, 15) is 14.4 Å². The predicted octanol–water partition coefficient (Wildman–Crippen LogP) is -0.689. The highest BCUT2D eigenvalue weighted by Gasteiger charge is 2.34. The van der Waals surface area contributed by atoms with E-state index >= 15 is 0 Å². The summed E-state index contributed by atoms with van der Waals surface area (Å²) in [6, 6.07) is -1.38. The maximum atomic E-state index is 12.2. The van der Waals surface area contributed by atoms with Crippen LogP contribution in [0.2, 0.25) is 0 Å². The summed E-state index contributed by atoms with van der Waals surface area (Å²) in [4.78, 5) is 38.1. The van der Waals surface area contributed by atoms with E-state index in [2.05, 4.69) is 10.6 Å². The summed E-state index contributed by atoms with van der Waals surface area (Å²) in [7, 11) is 3.90. The van der Waals surface area contributed by atoms with Crippen molar-refractivity contribution in [3.63, 3.8) is 0 Å². The fraction of sp³-hybridized carbons (Fsp3) is 0.769. The van der Waals surface area contributed by atoms with Crippen LogP contribution in [0.4, 0.5) is 4.79 Å². The Bertz CT molecular complexity index is 400. The zero-order valence-electron chi connectivity index (χ0n) is 12.8. The molecule has 0 aromatic heterocycles. The Morgan fingerprint density at radius 3 is 2.76 bits per heavy atom. The van der Waals surface area contributed by atoms with Crippen molar-refractivity contribution >= 4 is 17.9 Å². The number of piperazine rings is 1. The third kappa shape index (κ3) is 5.58. The number of amides is 3. The molecule has 0 aromatic carbocycles. The number of nitrogens with one attached hydrogen (secondary N) is 2. The second kappa shape index (κ2) is 7.82. The molecule has 1 fully saturated rings. The van der Waals surface area contributed by atoms with E-state index in [0.717, 1.165) is 13.0 Å². The lowest BCUT2D eigenvalue weighted by Gasteiger charge is -2.35. The van der Waals surface area contributed by atoms with Gasteiger partial charge in [0.2, 0.25) is 5.91 Å². The van der Waals surface area contributed by atoms with E-state index in [1.165, 1.54) is 4.90 Å². The quantitative estimate of drug-likeness (QED) is 0.603. The van der Waals surface area contributed by atoms with Gasteiger partial charge in [-0.1, -0.05) is 0 Å². The number of carboxylic acids is 1. The first-order chi connectivity index (χ1) is 9.81. The van der Waals surface area contributed by atoms with E-state index < -0.39 is 17.9 Å². The van der Waals surface area contributed by atoms with Crippen LogP contribution in [-0.2, 0) is 9.59 Å². The Morgan fingerprint density at radius 2 is 2.19 bits per heavy atom. The predicted molar refractivity (Wildman–Crippen MR) is 76.9 cm³/mol. The summed E-state index contributed by atoms with van der Waals surface area (Å²) in [6.07, 6.45) is 0.397. The molecular weight excluding hydrogens is 276 g/mol. The summed E-state index contributed by atoms with van der Waals surface area (Å²) < 4.78 is 0. The number of nitrogens with zero attached hydrogens (tertiary/aromatic N) is 2. The highest BCUT2D eigenvalue weighted by molar-refractivity contribution is 5.91. The molecule has 1 aliphatic heterocycles. The summed E-state index contributed by atoms with van der Waals surface area (Å²) in [5, 5.41) is 14.3. The van der Waals surface area contributed by atoms with Crippen LogP contribution < -0.4 is 10.6 Å². The molecule has 1 aliphatic rings. The van der Waals surface area contributed by atoms with Gasteiger partial charge in [0.15, 0.2) is 0 Å². The molecular formula is C13H24N4O4. The molecule has 0 aliphatic carbocycles. The number of hydrogen-bond acceptors (Lipinski definition) is 4. The van der Waals surface area contributed by atoms with Gasteiger partial charge in [-0.15, -0.1) is 0 Å². The molecule has 120 valence electrons. The van der Waals surface area contributed by atoms with Gasteiger partial charge in [0.1, 0.15) is 6.04 Å². The van der Waals surface area contributed by atoms with E-state index in [4.69, 9.17) is 5.11 Å². The number of urea groups is 1. The van der Waals surface area contributed by atoms with Crippen LogP contribution >= 0.6 is 0 Å². The van der Waals surface area contributed by atoms with Crippen molar-refractivity contribution in [2.24, 2.45) is 0 Å². The Kier molecular flexibility index (Phi) is 6.41. The van der Waals surface area contributed by atoms with Crippen molar-refractivity contribution in [3.8, 4) is 0 Å². The van der Waals surface area contributed by atoms with Crippen LogP contribution in [0.1, 0.15) is 19.8 Å². The van der Waals surface area contributed by atoms with Gasteiger partial charge in [-0.2, -0.15) is 0 Å². The van der Waals surface area contributed by atoms with Gasteiger partial charge < -0.3 is 25.5 Å². The van der Waals surface area contributed by atoms with Gasteiger partial charge in [0.05, 0.1) is 6.42 Å². The molecule has 0 spiro atoms. The van der Waals surface area contributed by atoms with Gasteiger partial charge >= 0.3 is 12.0 Å². The lowest BCUT2D eigenvalue weighted by molar-refractivity contribution is -0.142. The number of carbonyl (C=O) groups is 3. The fourth-order valence-electron chi connectivity index (χ4n) is 2.14. The number of rotatable bonds is 6. The van der Waals surface area contributed by atoms with Crippen molar-refractivity contribution in [3.05, 3.63) is 0 Å². The fourth-order valence-corrected chi connectivity index (χ4v) is 2.14. The minimum Gasteiger partial charge on any atom is -0.481 e. The molecule has 1 heterocycles. The molecule has 2 unspecified atom stereocenters. The van der Waals surface area contributed by atoms with Crippen LogP contribution in [0.25, 0.3) is 0 Å². The van der Waals surface area contributed by atoms with Crippen LogP contribution in [0, 0.1) is 0 Å². The minimum absolute atomic E-state index is 0.0460. The molecule has 8 heteroatoms. The molecule has 0 aromatic rings. The van der Waals surface area contributed by atoms with Gasteiger partial charge in [0, 0.05) is 19.1 Å². The van der Waals surface area contributed by atoms with Crippen LogP contribution in [0.5, 0.6) is 0 Å². The van der Waals surface area contributed by atoms with Gasteiger partial charge in [0.25, 0.3) is 0 Å². The van der Waals surface area contributed by atoms with Crippen molar-refractivity contribution in [1.82, 2.24) is 20.4 Å². The van der Waals surface area contributed by atoms with Crippen LogP contribution in [0.15, 0.2) is 0 Å². The van der Waals surface area contributed by atoms with Crippen molar-refractivity contribution < 1.29 is 19.5 Å². The topological polar surface area (TPSA) is 102 Å². The zero-order valence-corrected chi connectivity index (χ0v) is 12.8. The summed E-state index contributed by atoms with van der Waals surface area (Å²) in [5.74, 6) is -1.52. The summed E-state index contributed by atoms with van der Waals surface area (Å²) >= 11 is 0. The van der Waals surface area contributed by atoms with E-state index in [0.29, 0.717) is 13.1 Å². The average Bonchev–Trinajstić information content (AvgIpc) is 2.38. The summed E-state index contributed by atoms with van der Waals surface area (Å²) in [6.45, 7) is 3.38. The van der Waals surface area contributed by atoms with Crippen molar-refractivity contribution in [2.75, 3.05) is 33.7 Å². The standard InChI is InChI=1S/C13H24N4O4/c1-9(4-6-16(2)3)15-13(21)17-7-5-14-12(20)10(17)8-11(18)19/h9-10H,4-8H2,1-3H3,(H,14,20)(H,15,21)(H,18,19). The molecule has 0 radical (unpaired) electrons. The maximum absolute atomic E-state index is 12.2. The SMILES string of the molecule is CC(CCN(C)C)NC(=O)N1CCNC(=O)C1CC(=O)O. The molecule has 3 amide bonds. The first-order valence-electron chi connectivity index (χ1n) is 7.02. The largest absolute Gasteiger partial charge is 0.481 e. The van der Waals surface area contributed by atoms with Gasteiger partial charge in [-0.05, 0) is 34.0 Å². The lowest BCUT2D eigenvalue weighted by Crippen LogP contribution is -2.60. The number of aliphatic carboxylic acids is 1. The Labute approximate surface area is 124 Å². The van der Waals surface area contributed by atoms with Gasteiger partial charge in [-0.25, -0.2) is 4.79 Å². The molecule has 8 nitrogen and oxygen atoms in total. The molecule has 1 rings (SSSR count). The van der Waals surface area contributed by atoms with Crippen molar-refractivity contribution in [2.45, 2.75) is 31.8 Å². The maximum Gasteiger partial charge on any atom is 0.318 e. The second-order valence-electron chi connectivity index (χ2n) is 5.54. The van der Waals surface area contributed by atoms with Crippen LogP contribution in [-0.4, -0.2) is 78.6 Å². The normalized spacial score (nSPS) is 20.1. The summed E-state index contributed by atoms with van der Waals surface area (Å²) in [5.41, 5.74) is 0. The minimum atomic E-state index is -1.10. The highest BCUT2D eigenvalue weighted by atomic mass is 16.4. The number of carboxylic acid groups (broad SMARTS) is 1. The molecule has 0 bridgehead atoms. The third-order valence-corrected chi connectivity index (χ3v) is 3.34. The van der Waals surface area contributed by atoms with Crippen molar-refractivity contribution in [1.29, 1.82) is 0 Å². The van der Waals surface area contributed by atoms with E-state index in [1.54, 1.807) is 0 Å². The molecule has 0 saturated carbocycles. The smallest absolute Gasteiger partial charge is 0.318 e. The molecule has 2 atom stereocenters. The Morgan fingerprint density at radius 1 is 1.52 bits per heavy atom. The first kappa shape index (κ1) is 17.2. The molecule has 1 saturated heterocycles. The Balaban J connectivity index is 2.60. The third-order valence-electron chi connectivity index (χ3n) is 3.34. The Hall–Kier alpha value is -1.83. The van der Waals surface area contributed by atoms with Crippen LogP contribution in [0.3, 0.4) is 0 Å². The molecule has 3 N–H and O–H groups in total. The lowest BCUT2D eigenvalue weighted by atomic mass is 10.1. The monoisotopic (exact) mass is 300 g/mol. The van der Waals surface area contributed by atoms with E-state index in [-0.39, 0.29) is 18.5 Å². The highest BCUT2D eigenvalue weighted by Crippen LogP contribution is 2.10.